The minimum absolute atomic E-state index is 0.0787. The van der Waals surface area contributed by atoms with Crippen molar-refractivity contribution in [2.24, 2.45) is 5.90 Å². The molecule has 1 unspecified atom stereocenters. The summed E-state index contributed by atoms with van der Waals surface area (Å²) in [6.45, 7) is 0. The topological polar surface area (TPSA) is 159 Å². The van der Waals surface area contributed by atoms with Crippen LogP contribution in [0, 0.1) is 0 Å². The molecule has 0 saturated carbocycles. The Kier molecular flexibility index (Phi) is 11.6. The van der Waals surface area contributed by atoms with E-state index in [1.165, 1.54) is 18.2 Å². The molecule has 0 spiro atoms. The molecule has 158 valence electrons. The number of carbonyl (C=O) groups is 2. The second-order valence-electron chi connectivity index (χ2n) is 5.20. The van der Waals surface area contributed by atoms with Gasteiger partial charge in [-0.25, -0.2) is 0 Å². The Labute approximate surface area is 191 Å². The molecule has 29 heavy (non-hydrogen) atoms. The quantitative estimate of drug-likeness (QED) is 0.114. The van der Waals surface area contributed by atoms with Crippen molar-refractivity contribution < 1.29 is 29.4 Å². The molecule has 0 heterocycles. The molecule has 2 aromatic carbocycles. The van der Waals surface area contributed by atoms with Crippen LogP contribution in [0.3, 0.4) is 0 Å². The number of Topliss-reactive ketones (excluding diaryl/α,β-unsaturated/α-hetero) is 1. The average Bonchev–Trinajstić information content (AvgIpc) is 2.72. The molecule has 0 aliphatic heterocycles. The molecule has 1 amide bonds. The minimum atomic E-state index is -4.98. The SMILES string of the molecule is NO[As](O)c1ccccc1C(=O)CBr.O=C(CBr)Nc1ccccc1[As](=O)(O)O. The second-order valence-corrected chi connectivity index (χ2v) is 12.2. The number of hydrogen-bond donors (Lipinski definition) is 5. The van der Waals surface area contributed by atoms with Gasteiger partial charge in [-0.3, -0.25) is 0 Å². The number of nitrogens with one attached hydrogen (secondary N) is 1. The average molecular weight is 660 g/mol. The number of benzene rings is 2. The zero-order valence-corrected chi connectivity index (χ0v) is 21.7. The van der Waals surface area contributed by atoms with Crippen molar-refractivity contribution in [3.63, 3.8) is 0 Å². The zero-order valence-electron chi connectivity index (χ0n) is 14.7. The molecule has 9 nitrogen and oxygen atoms in total. The van der Waals surface area contributed by atoms with Gasteiger partial charge in [0.2, 0.25) is 0 Å². The summed E-state index contributed by atoms with van der Waals surface area (Å²) in [6.07, 6.45) is 0. The van der Waals surface area contributed by atoms with Gasteiger partial charge in [0.05, 0.1) is 0 Å². The Morgan fingerprint density at radius 3 is 2.21 bits per heavy atom. The first kappa shape index (κ1) is 26.3. The van der Waals surface area contributed by atoms with E-state index in [9.17, 15) is 17.4 Å². The van der Waals surface area contributed by atoms with Gasteiger partial charge in [0.1, 0.15) is 0 Å². The molecular weight excluding hydrogens is 642 g/mol. The van der Waals surface area contributed by atoms with Crippen LogP contribution in [-0.4, -0.2) is 64.1 Å². The van der Waals surface area contributed by atoms with Crippen LogP contribution in [0.1, 0.15) is 10.4 Å². The monoisotopic (exact) mass is 658 g/mol. The predicted octanol–water partition coefficient (Wildman–Crippen LogP) is -0.577. The first-order valence-corrected chi connectivity index (χ1v) is 15.9. The van der Waals surface area contributed by atoms with E-state index in [0.29, 0.717) is 9.91 Å². The number of amides is 1. The number of rotatable bonds is 7. The maximum absolute atomic E-state index is 11.4. The van der Waals surface area contributed by atoms with Gasteiger partial charge < -0.3 is 0 Å². The van der Waals surface area contributed by atoms with Gasteiger partial charge in [0.25, 0.3) is 0 Å². The molecule has 0 aliphatic rings. The molecule has 2 rings (SSSR count). The third-order valence-corrected chi connectivity index (χ3v) is 8.50. The van der Waals surface area contributed by atoms with Crippen molar-refractivity contribution in [3.05, 3.63) is 54.1 Å². The molecule has 0 aromatic heterocycles. The van der Waals surface area contributed by atoms with Crippen LogP contribution in [-0.2, 0) is 12.4 Å². The van der Waals surface area contributed by atoms with E-state index in [1.807, 2.05) is 0 Å². The number of halogens is 2. The normalized spacial score (nSPS) is 11.8. The van der Waals surface area contributed by atoms with Gasteiger partial charge in [0, 0.05) is 0 Å². The van der Waals surface area contributed by atoms with Crippen molar-refractivity contribution in [1.29, 1.82) is 0 Å². The predicted molar refractivity (Wildman–Crippen MR) is 117 cm³/mol. The van der Waals surface area contributed by atoms with Crippen molar-refractivity contribution in [2.45, 2.75) is 0 Å². The summed E-state index contributed by atoms with van der Waals surface area (Å²) in [6, 6.07) is 12.6. The van der Waals surface area contributed by atoms with Gasteiger partial charge in [0.15, 0.2) is 0 Å². The van der Waals surface area contributed by atoms with Crippen LogP contribution < -0.4 is 19.9 Å². The fourth-order valence-electron chi connectivity index (χ4n) is 2.02. The van der Waals surface area contributed by atoms with Crippen LogP contribution >= 0.6 is 31.9 Å². The molecule has 0 radical (unpaired) electrons. The number of carbonyl (C=O) groups excluding carboxylic acids is 2. The van der Waals surface area contributed by atoms with E-state index in [0.717, 1.165) is 0 Å². The molecule has 6 N–H and O–H groups in total. The standard InChI is InChI=1S/C8H9AsBrNO4.C8H9AsBrNO3/c10-5-8(12)11-7-4-2-1-3-6(7)9(13,14)15;10-5-8(12)6-3-1-2-4-7(6)9(13)14-11/h1-4H,5H2,(H,11,12)(H2,13,14,15);1-4,13H,5,11H2. The van der Waals surface area contributed by atoms with Gasteiger partial charge in [-0.2, -0.15) is 0 Å². The fraction of sp³-hybridized carbons (Fsp3) is 0.125. The summed E-state index contributed by atoms with van der Waals surface area (Å²) in [5.74, 6) is 4.46. The Morgan fingerprint density at radius 1 is 1.07 bits per heavy atom. The Balaban J connectivity index is 0.000000291. The van der Waals surface area contributed by atoms with E-state index in [4.69, 9.17) is 14.1 Å². The van der Waals surface area contributed by atoms with Crippen LogP contribution in [0.15, 0.2) is 48.5 Å². The van der Waals surface area contributed by atoms with E-state index in [2.05, 4.69) is 41.0 Å². The molecule has 13 heteroatoms. The molecule has 0 bridgehead atoms. The second kappa shape index (κ2) is 12.8. The third kappa shape index (κ3) is 8.49. The van der Waals surface area contributed by atoms with Crippen LogP contribution in [0.2, 0.25) is 0 Å². The number of anilines is 1. The molecule has 0 fully saturated rings. The number of nitrogens with two attached hydrogens (primary N) is 1. The molecule has 1 atom stereocenters. The zero-order chi connectivity index (χ0) is 22.0. The number of ketones is 1. The van der Waals surface area contributed by atoms with Gasteiger partial charge >= 0.3 is 193 Å². The van der Waals surface area contributed by atoms with Crippen LogP contribution in [0.5, 0.6) is 0 Å². The number of para-hydroxylation sites is 1. The van der Waals surface area contributed by atoms with Crippen molar-refractivity contribution >= 4 is 87.4 Å². The number of hydrogen-bond acceptors (Lipinski definition) is 6. The van der Waals surface area contributed by atoms with Crippen LogP contribution in [0.25, 0.3) is 0 Å². The summed E-state index contributed by atoms with van der Waals surface area (Å²) in [4.78, 5) is 22.5. The van der Waals surface area contributed by atoms with Crippen molar-refractivity contribution in [3.8, 4) is 0 Å². The van der Waals surface area contributed by atoms with Crippen molar-refractivity contribution in [2.75, 3.05) is 16.0 Å². The van der Waals surface area contributed by atoms with Gasteiger partial charge in [-0.1, -0.05) is 0 Å². The van der Waals surface area contributed by atoms with E-state index in [-0.39, 0.29) is 32.4 Å². The third-order valence-electron chi connectivity index (χ3n) is 3.25. The van der Waals surface area contributed by atoms with E-state index >= 15 is 0 Å². The molecule has 0 saturated heterocycles. The summed E-state index contributed by atoms with van der Waals surface area (Å²) >= 11 is -1.64. The van der Waals surface area contributed by atoms with Gasteiger partial charge in [-0.15, -0.1) is 0 Å². The summed E-state index contributed by atoms with van der Waals surface area (Å²) in [5.41, 5.74) is 0.631. The van der Waals surface area contributed by atoms with Crippen LogP contribution in [0.4, 0.5) is 5.69 Å². The number of alkyl halides is 2. The summed E-state index contributed by atoms with van der Waals surface area (Å²) in [5, 5.41) is 2.70. The summed E-state index contributed by atoms with van der Waals surface area (Å²) < 4.78 is 43.5. The molecule has 2 aromatic rings. The summed E-state index contributed by atoms with van der Waals surface area (Å²) in [7, 11) is 0. The van der Waals surface area contributed by atoms with E-state index in [1.54, 1.807) is 30.3 Å². The Morgan fingerprint density at radius 2 is 1.66 bits per heavy atom. The maximum atomic E-state index is 11.4. The molecular formula is C16H18As2Br2N2O7. The fourth-order valence-corrected chi connectivity index (χ4v) is 5.52. The molecule has 0 aliphatic carbocycles. The van der Waals surface area contributed by atoms with Crippen molar-refractivity contribution in [1.82, 2.24) is 0 Å². The van der Waals surface area contributed by atoms with Gasteiger partial charge in [-0.05, 0) is 0 Å². The Bertz CT molecular complexity index is 895. The first-order valence-electron chi connectivity index (χ1n) is 7.70. The van der Waals surface area contributed by atoms with E-state index < -0.39 is 29.5 Å². The Hall–Kier alpha value is -0.743. The first-order chi connectivity index (χ1) is 13.6.